The maximum absolute atomic E-state index is 12.8. The number of nitrogens with zero attached hydrogens (tertiary/aromatic N) is 1. The third-order valence-corrected chi connectivity index (χ3v) is 8.43. The Balaban J connectivity index is 1.73. The summed E-state index contributed by atoms with van der Waals surface area (Å²) in [5.74, 6) is -0.851. The van der Waals surface area contributed by atoms with Gasteiger partial charge < -0.3 is 8.92 Å². The zero-order valence-corrected chi connectivity index (χ0v) is 24.5. The van der Waals surface area contributed by atoms with E-state index in [0.717, 1.165) is 11.1 Å². The lowest BCUT2D eigenvalue weighted by atomic mass is 10.1. The molecule has 10 nitrogen and oxygen atoms in total. The monoisotopic (exact) mass is 587 g/mol. The van der Waals surface area contributed by atoms with Gasteiger partial charge in [-0.1, -0.05) is 49.2 Å². The summed E-state index contributed by atoms with van der Waals surface area (Å²) in [5.41, 5.74) is 4.66. The molecule has 214 valence electrons. The topological polar surface area (TPSA) is 140 Å². The van der Waals surface area contributed by atoms with E-state index in [-0.39, 0.29) is 33.8 Å². The van der Waals surface area contributed by atoms with E-state index >= 15 is 0 Å². The standard InChI is InChI=1S/C28H33N3O7S2/c1-6-37-26-17-22(11-16-25(26)38-40(35,36)24-14-9-21(5)10-15-24)18-29-30-28(32)27(19(2)3)31-39(33,34)23-12-7-20(4)8-13-23/h7-19,27,31H,6H2,1-5H3,(H,30,32)/b29-18-/t27-/m0/s1. The number of aryl methyl sites for hydroxylation is 2. The van der Waals surface area contributed by atoms with E-state index in [9.17, 15) is 21.6 Å². The zero-order chi connectivity index (χ0) is 29.5. The van der Waals surface area contributed by atoms with Crippen molar-refractivity contribution in [2.45, 2.75) is 50.5 Å². The van der Waals surface area contributed by atoms with Crippen molar-refractivity contribution in [3.63, 3.8) is 0 Å². The summed E-state index contributed by atoms with van der Waals surface area (Å²) >= 11 is 0. The van der Waals surface area contributed by atoms with E-state index < -0.39 is 32.1 Å². The van der Waals surface area contributed by atoms with E-state index in [4.69, 9.17) is 8.92 Å². The van der Waals surface area contributed by atoms with Gasteiger partial charge in [0.25, 0.3) is 5.91 Å². The van der Waals surface area contributed by atoms with Gasteiger partial charge in [-0.3, -0.25) is 4.79 Å². The smallest absolute Gasteiger partial charge is 0.339 e. The molecule has 0 fully saturated rings. The Labute approximate surface area is 235 Å². The predicted octanol–water partition coefficient (Wildman–Crippen LogP) is 3.92. The summed E-state index contributed by atoms with van der Waals surface area (Å²) in [6.07, 6.45) is 1.32. The Kier molecular flexibility index (Phi) is 10.1. The summed E-state index contributed by atoms with van der Waals surface area (Å²) in [4.78, 5) is 12.9. The molecule has 0 spiro atoms. The number of ether oxygens (including phenoxy) is 1. The number of carbonyl (C=O) groups excluding carboxylic acids is 1. The first kappa shape index (κ1) is 30.8. The lowest BCUT2D eigenvalue weighted by Crippen LogP contribution is -2.48. The number of nitrogens with one attached hydrogen (secondary N) is 2. The maximum Gasteiger partial charge on any atom is 0.339 e. The van der Waals surface area contributed by atoms with Crippen molar-refractivity contribution in [2.24, 2.45) is 11.0 Å². The highest BCUT2D eigenvalue weighted by Gasteiger charge is 2.28. The highest BCUT2D eigenvalue weighted by atomic mass is 32.2. The van der Waals surface area contributed by atoms with Crippen molar-refractivity contribution >= 4 is 32.3 Å². The van der Waals surface area contributed by atoms with E-state index in [1.807, 2.05) is 13.8 Å². The first-order valence-corrected chi connectivity index (χ1v) is 15.4. The van der Waals surface area contributed by atoms with E-state index in [1.165, 1.54) is 48.7 Å². The average molecular weight is 588 g/mol. The van der Waals surface area contributed by atoms with Gasteiger partial charge >= 0.3 is 10.1 Å². The van der Waals surface area contributed by atoms with Crippen molar-refractivity contribution in [3.8, 4) is 11.5 Å². The molecule has 0 heterocycles. The minimum absolute atomic E-state index is 0.00556. The third-order valence-electron chi connectivity index (χ3n) is 5.73. The number of hydrogen-bond acceptors (Lipinski definition) is 8. The Hall–Kier alpha value is -3.74. The minimum atomic E-state index is -4.09. The van der Waals surface area contributed by atoms with E-state index in [2.05, 4.69) is 15.2 Å². The van der Waals surface area contributed by atoms with E-state index in [1.54, 1.807) is 45.0 Å². The molecular weight excluding hydrogens is 554 g/mol. The molecule has 1 atom stereocenters. The van der Waals surface area contributed by atoms with Gasteiger partial charge in [0.15, 0.2) is 11.5 Å². The van der Waals surface area contributed by atoms with Crippen LogP contribution in [0.25, 0.3) is 0 Å². The molecule has 0 radical (unpaired) electrons. The van der Waals surface area contributed by atoms with Crippen LogP contribution >= 0.6 is 0 Å². The van der Waals surface area contributed by atoms with Crippen LogP contribution in [0.2, 0.25) is 0 Å². The Bertz CT molecular complexity index is 1570. The maximum atomic E-state index is 12.8. The molecule has 3 aromatic rings. The van der Waals surface area contributed by atoms with Crippen molar-refractivity contribution in [1.29, 1.82) is 0 Å². The van der Waals surface area contributed by atoms with Crippen molar-refractivity contribution in [3.05, 3.63) is 83.4 Å². The molecule has 0 bridgehead atoms. The molecule has 2 N–H and O–H groups in total. The molecule has 0 unspecified atom stereocenters. The second kappa shape index (κ2) is 13.1. The Morgan fingerprint density at radius 3 is 2.00 bits per heavy atom. The van der Waals surface area contributed by atoms with Gasteiger partial charge in [0, 0.05) is 0 Å². The molecule has 0 saturated carbocycles. The number of rotatable bonds is 12. The second-order valence-electron chi connectivity index (χ2n) is 9.38. The first-order valence-electron chi connectivity index (χ1n) is 12.5. The lowest BCUT2D eigenvalue weighted by Gasteiger charge is -2.20. The van der Waals surface area contributed by atoms with Gasteiger partial charge in [-0.05, 0) is 74.7 Å². The highest BCUT2D eigenvalue weighted by Crippen LogP contribution is 2.31. The number of benzene rings is 3. The molecule has 0 aromatic heterocycles. The molecule has 3 aromatic carbocycles. The van der Waals surface area contributed by atoms with Crippen LogP contribution in [0.15, 0.2) is 81.6 Å². The molecule has 0 aliphatic carbocycles. The van der Waals surface area contributed by atoms with Gasteiger partial charge in [0.05, 0.1) is 17.7 Å². The summed E-state index contributed by atoms with van der Waals surface area (Å²) < 4.78 is 64.4. The van der Waals surface area contributed by atoms with Crippen molar-refractivity contribution in [2.75, 3.05) is 6.61 Å². The fourth-order valence-electron chi connectivity index (χ4n) is 3.50. The van der Waals surface area contributed by atoms with Gasteiger partial charge in [-0.2, -0.15) is 18.2 Å². The SMILES string of the molecule is CCOc1cc(/C=N\NC(=O)[C@@H](NS(=O)(=O)c2ccc(C)cc2)C(C)C)ccc1OS(=O)(=O)c1ccc(C)cc1. The molecule has 40 heavy (non-hydrogen) atoms. The summed E-state index contributed by atoms with van der Waals surface area (Å²) in [6, 6.07) is 16.0. The van der Waals surface area contributed by atoms with E-state index in [0.29, 0.717) is 5.56 Å². The van der Waals surface area contributed by atoms with Crippen LogP contribution < -0.4 is 19.1 Å². The van der Waals surface area contributed by atoms with Gasteiger partial charge in [-0.15, -0.1) is 0 Å². The zero-order valence-electron chi connectivity index (χ0n) is 22.9. The fourth-order valence-corrected chi connectivity index (χ4v) is 5.78. The largest absolute Gasteiger partial charge is 0.490 e. The Morgan fingerprint density at radius 1 is 0.875 bits per heavy atom. The van der Waals surface area contributed by atoms with Crippen LogP contribution in [0, 0.1) is 19.8 Å². The van der Waals surface area contributed by atoms with Crippen LogP contribution in [-0.2, 0) is 24.9 Å². The van der Waals surface area contributed by atoms with Crippen molar-refractivity contribution < 1.29 is 30.6 Å². The number of sulfonamides is 1. The van der Waals surface area contributed by atoms with Crippen molar-refractivity contribution in [1.82, 2.24) is 10.1 Å². The molecular formula is C28H33N3O7S2. The van der Waals surface area contributed by atoms with Crippen LogP contribution in [0.5, 0.6) is 11.5 Å². The van der Waals surface area contributed by atoms with Gasteiger partial charge in [0.2, 0.25) is 10.0 Å². The molecule has 1 amide bonds. The minimum Gasteiger partial charge on any atom is -0.490 e. The fraction of sp³-hybridized carbons (Fsp3) is 0.286. The predicted molar refractivity (Wildman–Crippen MR) is 152 cm³/mol. The summed E-state index contributed by atoms with van der Waals surface area (Å²) in [5, 5.41) is 3.95. The molecule has 0 aliphatic heterocycles. The number of carbonyl (C=O) groups is 1. The molecule has 3 rings (SSSR count). The number of hydrazone groups is 1. The lowest BCUT2D eigenvalue weighted by molar-refractivity contribution is -0.123. The number of amides is 1. The normalized spacial score (nSPS) is 12.8. The van der Waals surface area contributed by atoms with Crippen LogP contribution in [0.3, 0.4) is 0 Å². The summed E-state index contributed by atoms with van der Waals surface area (Å²) in [6.45, 7) is 9.10. The first-order chi connectivity index (χ1) is 18.8. The Morgan fingerprint density at radius 2 is 1.45 bits per heavy atom. The summed E-state index contributed by atoms with van der Waals surface area (Å²) in [7, 11) is -8.03. The second-order valence-corrected chi connectivity index (χ2v) is 12.6. The van der Waals surface area contributed by atoms with Gasteiger partial charge in [0.1, 0.15) is 10.9 Å². The van der Waals surface area contributed by atoms with Gasteiger partial charge in [-0.25, -0.2) is 13.8 Å². The molecule has 0 saturated heterocycles. The molecule has 12 heteroatoms. The van der Waals surface area contributed by atoms with Crippen LogP contribution in [0.4, 0.5) is 0 Å². The third kappa shape index (κ3) is 8.13. The number of hydrogen-bond donors (Lipinski definition) is 2. The highest BCUT2D eigenvalue weighted by molar-refractivity contribution is 7.89. The molecule has 0 aliphatic rings. The average Bonchev–Trinajstić information content (AvgIpc) is 2.89. The quantitative estimate of drug-likeness (QED) is 0.186. The van der Waals surface area contributed by atoms with Crippen LogP contribution in [0.1, 0.15) is 37.5 Å². The van der Waals surface area contributed by atoms with Crippen LogP contribution in [-0.4, -0.2) is 41.6 Å².